The van der Waals surface area contributed by atoms with Crippen LogP contribution in [0, 0.1) is 6.92 Å². The van der Waals surface area contributed by atoms with Gasteiger partial charge in [-0.25, -0.2) is 4.98 Å². The predicted molar refractivity (Wildman–Crippen MR) is 143 cm³/mol. The Hall–Kier alpha value is -4.02. The number of fused-ring (bicyclic) bond motifs is 1. The van der Waals surface area contributed by atoms with Gasteiger partial charge in [-0.1, -0.05) is 0 Å². The van der Waals surface area contributed by atoms with E-state index in [-0.39, 0.29) is 5.46 Å². The van der Waals surface area contributed by atoms with E-state index in [1.54, 1.807) is 34.5 Å². The molecule has 0 spiro atoms. The molecule has 192 valence electrons. The number of nitrogens with zero attached hydrogens (tertiary/aromatic N) is 3. The highest BCUT2D eigenvalue weighted by molar-refractivity contribution is 6.58. The van der Waals surface area contributed by atoms with Crippen LogP contribution in [0.2, 0.25) is 0 Å². The molecule has 0 aliphatic heterocycles. The molecule has 0 saturated carbocycles. The van der Waals surface area contributed by atoms with Gasteiger partial charge in [-0.05, 0) is 48.9 Å². The second kappa shape index (κ2) is 11.4. The van der Waals surface area contributed by atoms with E-state index < -0.39 is 7.12 Å². The van der Waals surface area contributed by atoms with E-state index in [0.29, 0.717) is 52.9 Å². The smallest absolute Gasteiger partial charge is 0.490 e. The minimum Gasteiger partial charge on any atom is -0.497 e. The maximum atomic E-state index is 9.65. The zero-order valence-corrected chi connectivity index (χ0v) is 21.6. The quantitative estimate of drug-likeness (QED) is 0.316. The molecule has 2 N–H and O–H groups in total. The van der Waals surface area contributed by atoms with Crippen LogP contribution in [0.15, 0.2) is 54.7 Å². The lowest BCUT2D eigenvalue weighted by molar-refractivity contribution is 0.389. The lowest BCUT2D eigenvalue weighted by Gasteiger charge is -2.27. The summed E-state index contributed by atoms with van der Waals surface area (Å²) in [5, 5.41) is 19.3. The lowest BCUT2D eigenvalue weighted by Crippen LogP contribution is -2.30. The zero-order chi connectivity index (χ0) is 26.5. The normalized spacial score (nSPS) is 10.8. The molecule has 2 aromatic heterocycles. The SMILES string of the molecule is COc1ccc(CN(Cc2ccc(OC)cc2OC)c2cc(C)c3ncc(B(O)O)cc3n2)c(OC)c1. The Morgan fingerprint density at radius 3 is 1.84 bits per heavy atom. The molecule has 0 saturated heterocycles. The van der Waals surface area contributed by atoms with Gasteiger partial charge in [0.05, 0.1) is 39.5 Å². The summed E-state index contributed by atoms with van der Waals surface area (Å²) >= 11 is 0. The number of ether oxygens (including phenoxy) is 4. The highest BCUT2D eigenvalue weighted by Gasteiger charge is 2.19. The van der Waals surface area contributed by atoms with Gasteiger partial charge in [-0.15, -0.1) is 0 Å². The number of benzene rings is 2. The Morgan fingerprint density at radius 1 is 0.784 bits per heavy atom. The summed E-state index contributed by atoms with van der Waals surface area (Å²) in [5.41, 5.74) is 4.32. The Kier molecular flexibility index (Phi) is 8.00. The molecule has 0 atom stereocenters. The number of aryl methyl sites for hydroxylation is 1. The van der Waals surface area contributed by atoms with Gasteiger partial charge in [-0.2, -0.15) is 0 Å². The number of anilines is 1. The summed E-state index contributed by atoms with van der Waals surface area (Å²) in [7, 11) is 4.85. The summed E-state index contributed by atoms with van der Waals surface area (Å²) in [5.74, 6) is 3.47. The first kappa shape index (κ1) is 26.1. The van der Waals surface area contributed by atoms with E-state index >= 15 is 0 Å². The van der Waals surface area contributed by atoms with Gasteiger partial charge >= 0.3 is 7.12 Å². The van der Waals surface area contributed by atoms with E-state index in [2.05, 4.69) is 9.88 Å². The highest BCUT2D eigenvalue weighted by atomic mass is 16.5. The summed E-state index contributed by atoms with van der Waals surface area (Å²) in [6.45, 7) is 2.89. The van der Waals surface area contributed by atoms with Gasteiger partial charge in [0.2, 0.25) is 0 Å². The molecule has 0 aliphatic rings. The van der Waals surface area contributed by atoms with Gasteiger partial charge in [0.15, 0.2) is 0 Å². The van der Waals surface area contributed by atoms with E-state index in [0.717, 1.165) is 16.7 Å². The Balaban J connectivity index is 1.82. The molecule has 10 heteroatoms. The molecule has 0 fully saturated rings. The number of hydrogen-bond acceptors (Lipinski definition) is 9. The van der Waals surface area contributed by atoms with Crippen LogP contribution in [0.4, 0.5) is 5.82 Å². The Labute approximate surface area is 216 Å². The second-order valence-corrected chi connectivity index (χ2v) is 8.52. The van der Waals surface area contributed by atoms with Crippen molar-refractivity contribution in [2.45, 2.75) is 20.0 Å². The number of aromatic nitrogens is 2. The molecular weight excluding hydrogens is 473 g/mol. The lowest BCUT2D eigenvalue weighted by atomic mass is 9.81. The number of pyridine rings is 2. The molecule has 4 aromatic rings. The molecule has 4 rings (SSSR count). The number of hydrogen-bond donors (Lipinski definition) is 2. The molecule has 2 aromatic carbocycles. The molecule has 0 aliphatic carbocycles. The summed E-state index contributed by atoms with van der Waals surface area (Å²) in [6.07, 6.45) is 1.45. The second-order valence-electron chi connectivity index (χ2n) is 8.52. The number of rotatable bonds is 10. The summed E-state index contributed by atoms with van der Waals surface area (Å²) < 4.78 is 22.0. The van der Waals surface area contributed by atoms with Crippen LogP contribution < -0.4 is 29.3 Å². The third-order valence-electron chi connectivity index (χ3n) is 6.18. The van der Waals surface area contributed by atoms with Crippen LogP contribution in [-0.4, -0.2) is 55.6 Å². The monoisotopic (exact) mass is 503 g/mol. The molecule has 0 unspecified atom stereocenters. The zero-order valence-electron chi connectivity index (χ0n) is 21.6. The first-order valence-electron chi connectivity index (χ1n) is 11.7. The van der Waals surface area contributed by atoms with Gasteiger partial charge in [-0.3, -0.25) is 4.98 Å². The standard InChI is InChI=1S/C27H30BN3O6/c1-17-10-26(30-23-11-20(28(32)33)14-29-27(17)23)31(15-18-6-8-21(34-2)12-24(18)36-4)16-19-7-9-22(35-3)13-25(19)37-5/h6-14,32-33H,15-16H2,1-5H3. The van der Waals surface area contributed by atoms with Crippen molar-refractivity contribution in [1.29, 1.82) is 0 Å². The average Bonchev–Trinajstić information content (AvgIpc) is 2.92. The van der Waals surface area contributed by atoms with Crippen LogP contribution in [0.5, 0.6) is 23.0 Å². The van der Waals surface area contributed by atoms with Gasteiger partial charge in [0.25, 0.3) is 0 Å². The van der Waals surface area contributed by atoms with Crippen molar-refractivity contribution in [3.05, 3.63) is 71.4 Å². The molecule has 2 heterocycles. The molecule has 37 heavy (non-hydrogen) atoms. The van der Waals surface area contributed by atoms with Crippen molar-refractivity contribution in [2.75, 3.05) is 33.3 Å². The van der Waals surface area contributed by atoms with Crippen molar-refractivity contribution < 1.29 is 29.0 Å². The first-order valence-corrected chi connectivity index (χ1v) is 11.7. The van der Waals surface area contributed by atoms with E-state index in [4.69, 9.17) is 23.9 Å². The van der Waals surface area contributed by atoms with Crippen LogP contribution in [0.1, 0.15) is 16.7 Å². The summed E-state index contributed by atoms with van der Waals surface area (Å²) in [4.78, 5) is 11.4. The van der Waals surface area contributed by atoms with Crippen molar-refractivity contribution in [3.63, 3.8) is 0 Å². The maximum Gasteiger partial charge on any atom is 0.490 e. The molecule has 9 nitrogen and oxygen atoms in total. The fourth-order valence-corrected chi connectivity index (χ4v) is 4.17. The van der Waals surface area contributed by atoms with Crippen LogP contribution in [0.3, 0.4) is 0 Å². The molecule has 0 amide bonds. The molecular formula is C27H30BN3O6. The van der Waals surface area contributed by atoms with Crippen LogP contribution in [0.25, 0.3) is 11.0 Å². The van der Waals surface area contributed by atoms with Crippen molar-refractivity contribution in [2.24, 2.45) is 0 Å². The molecule has 0 radical (unpaired) electrons. The minimum atomic E-state index is -1.63. The fraction of sp³-hybridized carbons (Fsp3) is 0.259. The fourth-order valence-electron chi connectivity index (χ4n) is 4.17. The van der Waals surface area contributed by atoms with Gasteiger partial charge in [0, 0.05) is 48.0 Å². The van der Waals surface area contributed by atoms with Crippen LogP contribution in [-0.2, 0) is 13.1 Å². The largest absolute Gasteiger partial charge is 0.497 e. The highest BCUT2D eigenvalue weighted by Crippen LogP contribution is 2.32. The summed E-state index contributed by atoms with van der Waals surface area (Å²) in [6, 6.07) is 15.0. The maximum absolute atomic E-state index is 9.65. The van der Waals surface area contributed by atoms with Crippen molar-refractivity contribution in [3.8, 4) is 23.0 Å². The number of methoxy groups -OCH3 is 4. The van der Waals surface area contributed by atoms with Crippen LogP contribution >= 0.6 is 0 Å². The van der Waals surface area contributed by atoms with Crippen molar-refractivity contribution >= 4 is 29.4 Å². The van der Waals surface area contributed by atoms with Gasteiger partial charge < -0.3 is 33.9 Å². The average molecular weight is 503 g/mol. The third kappa shape index (κ3) is 5.71. The van der Waals surface area contributed by atoms with Crippen molar-refractivity contribution in [1.82, 2.24) is 9.97 Å². The van der Waals surface area contributed by atoms with Gasteiger partial charge in [0.1, 0.15) is 28.8 Å². The first-order chi connectivity index (χ1) is 17.9. The van der Waals surface area contributed by atoms with E-state index in [1.807, 2.05) is 49.4 Å². The topological polar surface area (TPSA) is 106 Å². The van der Waals surface area contributed by atoms with E-state index in [1.165, 1.54) is 6.20 Å². The third-order valence-corrected chi connectivity index (χ3v) is 6.18. The predicted octanol–water partition coefficient (Wildman–Crippen LogP) is 2.86. The van der Waals surface area contributed by atoms with E-state index in [9.17, 15) is 10.0 Å². The molecule has 0 bridgehead atoms. The minimum absolute atomic E-state index is 0.275. The Bertz CT molecular complexity index is 1340. The Morgan fingerprint density at radius 2 is 1.35 bits per heavy atom.